The molecule has 0 saturated heterocycles. The highest BCUT2D eigenvalue weighted by Crippen LogP contribution is 2.83. The normalized spacial score (nSPS) is 66.2. The molecule has 0 aromatic carbocycles. The molecule has 1 nitrogen and oxygen atoms in total. The maximum atomic E-state index is 9.93. The van der Waals surface area contributed by atoms with E-state index in [1.807, 2.05) is 0 Å². The van der Waals surface area contributed by atoms with E-state index in [1.54, 1.807) is 0 Å². The summed E-state index contributed by atoms with van der Waals surface area (Å²) in [5, 5.41) is 9.93. The van der Waals surface area contributed by atoms with E-state index in [0.717, 1.165) is 17.8 Å². The predicted molar refractivity (Wildman–Crippen MR) is 47.5 cm³/mol. The van der Waals surface area contributed by atoms with Gasteiger partial charge >= 0.3 is 0 Å². The molecule has 4 bridgehead atoms. The highest BCUT2D eigenvalue weighted by Gasteiger charge is 2.82. The zero-order valence-corrected chi connectivity index (χ0v) is 8.12. The third kappa shape index (κ3) is 0.454. The second kappa shape index (κ2) is 1.75. The quantitative estimate of drug-likeness (QED) is 0.631. The molecule has 0 spiro atoms. The van der Waals surface area contributed by atoms with Crippen LogP contribution >= 0.6 is 0 Å². The van der Waals surface area contributed by atoms with E-state index >= 15 is 0 Å². The van der Waals surface area contributed by atoms with Crippen LogP contribution in [0, 0.1) is 35.0 Å². The lowest BCUT2D eigenvalue weighted by atomic mass is 9.82. The fraction of sp³-hybridized carbons (Fsp3) is 1.00. The molecule has 68 valence electrons. The number of aliphatic hydroxyl groups excluding tert-OH is 1. The molecule has 1 N–H and O–H groups in total. The first-order valence-corrected chi connectivity index (χ1v) is 5.29. The molecular weight excluding hydrogens is 148 g/mol. The van der Waals surface area contributed by atoms with Crippen LogP contribution in [0.2, 0.25) is 0 Å². The summed E-state index contributed by atoms with van der Waals surface area (Å²) in [5.74, 6) is 3.82. The minimum atomic E-state index is 0.0624. The third-order valence-electron chi connectivity index (χ3n) is 5.31. The van der Waals surface area contributed by atoms with Gasteiger partial charge in [0.05, 0.1) is 6.10 Å². The van der Waals surface area contributed by atoms with Crippen LogP contribution in [-0.4, -0.2) is 11.2 Å². The van der Waals surface area contributed by atoms with Gasteiger partial charge < -0.3 is 5.11 Å². The van der Waals surface area contributed by atoms with Crippen LogP contribution in [0.3, 0.4) is 0 Å². The number of rotatable bonds is 1. The lowest BCUT2D eigenvalue weighted by Gasteiger charge is -2.22. The van der Waals surface area contributed by atoms with Gasteiger partial charge in [-0.25, -0.2) is 0 Å². The van der Waals surface area contributed by atoms with Gasteiger partial charge in [-0.2, -0.15) is 0 Å². The second-order valence-electron chi connectivity index (χ2n) is 5.47. The van der Waals surface area contributed by atoms with E-state index in [4.69, 9.17) is 0 Å². The number of hydrogen-bond donors (Lipinski definition) is 1. The molecule has 0 aromatic heterocycles. The van der Waals surface area contributed by atoms with Crippen LogP contribution in [0.5, 0.6) is 0 Å². The Morgan fingerprint density at radius 1 is 1.42 bits per heavy atom. The highest BCUT2D eigenvalue weighted by atomic mass is 16.3. The zero-order valence-electron chi connectivity index (χ0n) is 8.12. The Morgan fingerprint density at radius 2 is 2.08 bits per heavy atom. The van der Waals surface area contributed by atoms with Crippen LogP contribution < -0.4 is 0 Å². The van der Waals surface area contributed by atoms with Gasteiger partial charge in [0.25, 0.3) is 0 Å². The van der Waals surface area contributed by atoms with E-state index < -0.39 is 0 Å². The van der Waals surface area contributed by atoms with Crippen molar-refractivity contribution in [2.45, 2.75) is 33.3 Å². The van der Waals surface area contributed by atoms with Gasteiger partial charge in [0.1, 0.15) is 0 Å². The van der Waals surface area contributed by atoms with Gasteiger partial charge in [-0.1, -0.05) is 20.8 Å². The second-order valence-corrected chi connectivity index (χ2v) is 5.47. The Balaban J connectivity index is 2.04. The Morgan fingerprint density at radius 3 is 2.25 bits per heavy atom. The molecule has 6 atom stereocenters. The number of aliphatic hydroxyl groups is 1. The first-order chi connectivity index (χ1) is 5.61. The molecule has 0 radical (unpaired) electrons. The average molecular weight is 166 g/mol. The molecule has 4 aliphatic rings. The summed E-state index contributed by atoms with van der Waals surface area (Å²) in [7, 11) is 0. The van der Waals surface area contributed by atoms with Crippen LogP contribution in [0.15, 0.2) is 0 Å². The molecule has 4 fully saturated rings. The molecule has 4 saturated carbocycles. The summed E-state index contributed by atoms with van der Waals surface area (Å²) in [6.07, 6.45) is 1.39. The lowest BCUT2D eigenvalue weighted by Crippen LogP contribution is -2.18. The monoisotopic (exact) mass is 166 g/mol. The molecule has 12 heavy (non-hydrogen) atoms. The Kier molecular flexibility index (Phi) is 1.07. The minimum Gasteiger partial charge on any atom is -0.393 e. The number of hydrogen-bond acceptors (Lipinski definition) is 1. The lowest BCUT2D eigenvalue weighted by molar-refractivity contribution is 0.124. The summed E-state index contributed by atoms with van der Waals surface area (Å²) < 4.78 is 0. The van der Waals surface area contributed by atoms with Gasteiger partial charge in [-0.15, -0.1) is 0 Å². The fourth-order valence-corrected chi connectivity index (χ4v) is 4.97. The maximum Gasteiger partial charge on any atom is 0.0607 e. The smallest absolute Gasteiger partial charge is 0.0607 e. The van der Waals surface area contributed by atoms with Gasteiger partial charge in [-0.05, 0) is 41.4 Å². The van der Waals surface area contributed by atoms with E-state index in [9.17, 15) is 5.11 Å². The highest BCUT2D eigenvalue weighted by molar-refractivity contribution is 5.29. The van der Waals surface area contributed by atoms with Gasteiger partial charge in [0.2, 0.25) is 0 Å². The largest absolute Gasteiger partial charge is 0.393 e. The van der Waals surface area contributed by atoms with Crippen molar-refractivity contribution in [3.05, 3.63) is 0 Å². The van der Waals surface area contributed by atoms with Crippen LogP contribution in [0.1, 0.15) is 27.2 Å². The summed E-state index contributed by atoms with van der Waals surface area (Å²) in [6, 6.07) is 0. The van der Waals surface area contributed by atoms with Crippen LogP contribution in [-0.2, 0) is 0 Å². The van der Waals surface area contributed by atoms with E-state index in [1.165, 1.54) is 6.42 Å². The van der Waals surface area contributed by atoms with E-state index in [2.05, 4.69) is 20.8 Å². The summed E-state index contributed by atoms with van der Waals surface area (Å²) in [4.78, 5) is 0. The first-order valence-electron chi connectivity index (χ1n) is 5.29. The van der Waals surface area contributed by atoms with Crippen molar-refractivity contribution in [2.75, 3.05) is 0 Å². The molecule has 0 amide bonds. The zero-order chi connectivity index (χ0) is 8.67. The van der Waals surface area contributed by atoms with E-state index in [0.29, 0.717) is 17.3 Å². The standard InChI is InChI=1S/C11H18O/c1-5(2)11-6(3)7-4-8(11)9(11)10(7)12/h5-10,12H,4H2,1-3H3. The maximum absolute atomic E-state index is 9.93. The first kappa shape index (κ1) is 7.37. The van der Waals surface area contributed by atoms with Gasteiger partial charge in [-0.3, -0.25) is 0 Å². The SMILES string of the molecule is CC(C)C12C(C)C3CC1C2C3O. The summed E-state index contributed by atoms with van der Waals surface area (Å²) in [6.45, 7) is 7.04. The van der Waals surface area contributed by atoms with E-state index in [-0.39, 0.29) is 6.10 Å². The summed E-state index contributed by atoms with van der Waals surface area (Å²) >= 11 is 0. The Bertz CT molecular complexity index is 231. The molecule has 1 heteroatoms. The molecule has 0 aromatic rings. The molecule has 0 aliphatic heterocycles. The molecule has 4 aliphatic carbocycles. The Hall–Kier alpha value is -0.0400. The van der Waals surface area contributed by atoms with Crippen LogP contribution in [0.4, 0.5) is 0 Å². The van der Waals surface area contributed by atoms with Crippen molar-refractivity contribution in [3.8, 4) is 0 Å². The summed E-state index contributed by atoms with van der Waals surface area (Å²) in [5.41, 5.74) is 0.573. The predicted octanol–water partition coefficient (Wildman–Crippen LogP) is 1.91. The average Bonchev–Trinajstić information content (AvgIpc) is 2.29. The van der Waals surface area contributed by atoms with Gasteiger partial charge in [0.15, 0.2) is 0 Å². The Labute approximate surface area is 74.2 Å². The van der Waals surface area contributed by atoms with Crippen molar-refractivity contribution in [1.82, 2.24) is 0 Å². The van der Waals surface area contributed by atoms with Gasteiger partial charge in [0, 0.05) is 0 Å². The topological polar surface area (TPSA) is 20.2 Å². The van der Waals surface area contributed by atoms with Crippen molar-refractivity contribution in [2.24, 2.45) is 35.0 Å². The molecular formula is C11H18O. The minimum absolute atomic E-state index is 0.0624. The van der Waals surface area contributed by atoms with Crippen molar-refractivity contribution >= 4 is 0 Å². The molecule has 0 heterocycles. The van der Waals surface area contributed by atoms with Crippen molar-refractivity contribution in [3.63, 3.8) is 0 Å². The molecule has 4 rings (SSSR count). The fourth-order valence-electron chi connectivity index (χ4n) is 4.97. The van der Waals surface area contributed by atoms with Crippen molar-refractivity contribution in [1.29, 1.82) is 0 Å². The van der Waals surface area contributed by atoms with Crippen molar-refractivity contribution < 1.29 is 5.11 Å². The third-order valence-corrected chi connectivity index (χ3v) is 5.31. The molecule has 6 unspecified atom stereocenters. The van der Waals surface area contributed by atoms with Crippen LogP contribution in [0.25, 0.3) is 0 Å².